The van der Waals surface area contributed by atoms with Crippen LogP contribution in [0, 0.1) is 0 Å². The average molecular weight is 882 g/mol. The van der Waals surface area contributed by atoms with Gasteiger partial charge in [0.15, 0.2) is 17.5 Å². The monoisotopic (exact) mass is 881 g/mol. The second kappa shape index (κ2) is 15.6. The van der Waals surface area contributed by atoms with Crippen LogP contribution in [0.4, 0.5) is 0 Å². The van der Waals surface area contributed by atoms with Crippen molar-refractivity contribution in [1.29, 1.82) is 0 Å². The molecule has 0 atom stereocenters. The maximum absolute atomic E-state index is 6.56. The molecule has 0 aliphatic carbocycles. The fourth-order valence-electron chi connectivity index (χ4n) is 10.4. The zero-order chi connectivity index (χ0) is 45.4. The smallest absolute Gasteiger partial charge is 0.164 e. The van der Waals surface area contributed by atoms with E-state index in [-0.39, 0.29) is 0 Å². The molecule has 10 aromatic carbocycles. The van der Waals surface area contributed by atoms with Crippen molar-refractivity contribution in [3.8, 4) is 67.8 Å². The van der Waals surface area contributed by atoms with Crippen LogP contribution < -0.4 is 0 Å². The number of hydrogen-bond donors (Lipinski definition) is 0. The third-order valence-electron chi connectivity index (χ3n) is 13.6. The minimum absolute atomic E-state index is 0.603. The number of hydrogen-bond acceptors (Lipinski definition) is 4. The number of aromatic nitrogens is 5. The summed E-state index contributed by atoms with van der Waals surface area (Å²) in [5.74, 6) is 1.85. The predicted octanol–water partition coefficient (Wildman–Crippen LogP) is 16.3. The fraction of sp³-hybridized carbons (Fsp3) is 0. The Kier molecular flexibility index (Phi) is 8.79. The molecular weight excluding hydrogens is 843 g/mol. The van der Waals surface area contributed by atoms with Crippen LogP contribution in [0.1, 0.15) is 0 Å². The summed E-state index contributed by atoms with van der Waals surface area (Å²) in [7, 11) is 0. The summed E-state index contributed by atoms with van der Waals surface area (Å²) < 4.78 is 11.4. The molecular formula is C63H39N5O. The molecule has 0 N–H and O–H groups in total. The highest BCUT2D eigenvalue weighted by Gasteiger charge is 2.21. The summed E-state index contributed by atoms with van der Waals surface area (Å²) in [5, 5.41) is 7.00. The molecule has 0 saturated carbocycles. The molecule has 0 saturated heterocycles. The van der Waals surface area contributed by atoms with Crippen LogP contribution >= 0.6 is 0 Å². The van der Waals surface area contributed by atoms with Gasteiger partial charge in [0.25, 0.3) is 0 Å². The van der Waals surface area contributed by atoms with Gasteiger partial charge >= 0.3 is 0 Å². The molecule has 0 aliphatic heterocycles. The highest BCUT2D eigenvalue weighted by atomic mass is 16.3. The predicted molar refractivity (Wildman–Crippen MR) is 283 cm³/mol. The molecule has 0 bridgehead atoms. The van der Waals surface area contributed by atoms with Gasteiger partial charge in [0.2, 0.25) is 0 Å². The summed E-state index contributed by atoms with van der Waals surface area (Å²) in [5.41, 5.74) is 15.5. The molecule has 0 spiro atoms. The molecule has 0 aliphatic rings. The van der Waals surface area contributed by atoms with E-state index in [9.17, 15) is 0 Å². The second-order valence-electron chi connectivity index (χ2n) is 17.6. The van der Waals surface area contributed by atoms with E-state index in [2.05, 4.69) is 173 Å². The third kappa shape index (κ3) is 6.30. The van der Waals surface area contributed by atoms with Gasteiger partial charge in [0.05, 0.1) is 22.1 Å². The first-order valence-electron chi connectivity index (χ1n) is 23.3. The molecule has 0 amide bonds. The standard InChI is InChI=1S/C63H39N5O/c1-3-17-40(18-4-1)61-64-62(41-19-5-2-6-20-41)66-63(65-61)44-23-14-24-45(38-44)68-57-36-35-46(67-55-32-10-7-25-49(55)50-26-8-11-33-56(50)67)39-54(57)52-30-15-28-47(59(52)68)42-21-13-22-43(37-42)48-29-16-31-53-51-27-9-12-34-58(51)69-60(48)53/h1-39H. The molecule has 0 unspecified atom stereocenters. The lowest BCUT2D eigenvalue weighted by Crippen LogP contribution is -2.01. The SMILES string of the molecule is c1ccc(-c2nc(-c3ccccc3)nc(-c3cccc(-n4c5ccc(-n6c7ccccc7c7ccccc76)cc5c5cccc(-c6cccc(-c7cccc8c7oc7ccccc78)c6)c54)c3)n2)cc1. The molecule has 4 aromatic heterocycles. The summed E-state index contributed by atoms with van der Waals surface area (Å²) in [6.45, 7) is 0. The molecule has 14 aromatic rings. The zero-order valence-electron chi connectivity index (χ0n) is 37.2. The topological polar surface area (TPSA) is 61.7 Å². The Morgan fingerprint density at radius 2 is 0.783 bits per heavy atom. The highest BCUT2D eigenvalue weighted by Crippen LogP contribution is 2.43. The first-order chi connectivity index (χ1) is 34.2. The quantitative estimate of drug-likeness (QED) is 0.160. The lowest BCUT2D eigenvalue weighted by atomic mass is 9.96. The highest BCUT2D eigenvalue weighted by molar-refractivity contribution is 6.16. The van der Waals surface area contributed by atoms with Gasteiger partial charge in [-0.25, -0.2) is 15.0 Å². The largest absolute Gasteiger partial charge is 0.455 e. The van der Waals surface area contributed by atoms with Crippen molar-refractivity contribution in [2.45, 2.75) is 0 Å². The van der Waals surface area contributed by atoms with Gasteiger partial charge in [0, 0.05) is 71.5 Å². The van der Waals surface area contributed by atoms with Gasteiger partial charge in [-0.3, -0.25) is 0 Å². The maximum atomic E-state index is 6.56. The van der Waals surface area contributed by atoms with Crippen LogP contribution in [0.25, 0.3) is 133 Å². The number of furan rings is 1. The lowest BCUT2D eigenvalue weighted by molar-refractivity contribution is 0.670. The molecule has 0 fully saturated rings. The summed E-state index contributed by atoms with van der Waals surface area (Å²) in [6, 6.07) is 83.5. The normalized spacial score (nSPS) is 11.8. The van der Waals surface area contributed by atoms with Crippen LogP contribution in [-0.2, 0) is 0 Å². The van der Waals surface area contributed by atoms with Crippen molar-refractivity contribution in [2.75, 3.05) is 0 Å². The molecule has 6 nitrogen and oxygen atoms in total. The van der Waals surface area contributed by atoms with Gasteiger partial charge in [-0.2, -0.15) is 0 Å². The molecule has 6 heteroatoms. The summed E-state index contributed by atoms with van der Waals surface area (Å²) >= 11 is 0. The fourth-order valence-corrected chi connectivity index (χ4v) is 10.4. The van der Waals surface area contributed by atoms with Crippen molar-refractivity contribution in [3.63, 3.8) is 0 Å². The van der Waals surface area contributed by atoms with Crippen molar-refractivity contribution in [1.82, 2.24) is 24.1 Å². The van der Waals surface area contributed by atoms with Crippen LogP contribution in [0.15, 0.2) is 241 Å². The molecule has 14 rings (SSSR count). The first kappa shape index (κ1) is 38.8. The van der Waals surface area contributed by atoms with Gasteiger partial charge in [-0.15, -0.1) is 0 Å². The number of benzene rings is 10. The number of fused-ring (bicyclic) bond motifs is 9. The molecule has 322 valence electrons. The van der Waals surface area contributed by atoms with Crippen molar-refractivity contribution < 1.29 is 4.42 Å². The van der Waals surface area contributed by atoms with E-state index in [0.29, 0.717) is 17.5 Å². The second-order valence-corrected chi connectivity index (χ2v) is 17.6. The van der Waals surface area contributed by atoms with E-state index >= 15 is 0 Å². The van der Waals surface area contributed by atoms with Gasteiger partial charge in [-0.1, -0.05) is 182 Å². The van der Waals surface area contributed by atoms with E-state index in [1.165, 1.54) is 21.8 Å². The maximum Gasteiger partial charge on any atom is 0.164 e. The van der Waals surface area contributed by atoms with Crippen LogP contribution in [-0.4, -0.2) is 24.1 Å². The Labute approximate surface area is 396 Å². The Hall–Kier alpha value is -9.39. The molecule has 0 radical (unpaired) electrons. The van der Waals surface area contributed by atoms with Gasteiger partial charge in [-0.05, 0) is 65.7 Å². The van der Waals surface area contributed by atoms with Gasteiger partial charge < -0.3 is 13.6 Å². The van der Waals surface area contributed by atoms with E-state index in [1.807, 2.05) is 72.8 Å². The van der Waals surface area contributed by atoms with Crippen LogP contribution in [0.3, 0.4) is 0 Å². The zero-order valence-corrected chi connectivity index (χ0v) is 37.2. The molecule has 69 heavy (non-hydrogen) atoms. The molecule has 4 heterocycles. The Bertz CT molecular complexity index is 4200. The first-order valence-corrected chi connectivity index (χ1v) is 23.3. The summed E-state index contributed by atoms with van der Waals surface area (Å²) in [6.07, 6.45) is 0. The van der Waals surface area contributed by atoms with E-state index in [1.54, 1.807) is 0 Å². The Morgan fingerprint density at radius 3 is 1.49 bits per heavy atom. The van der Waals surface area contributed by atoms with Gasteiger partial charge in [0.1, 0.15) is 11.2 Å². The van der Waals surface area contributed by atoms with E-state index in [0.717, 1.165) is 94.1 Å². The Morgan fingerprint density at radius 1 is 0.290 bits per heavy atom. The summed E-state index contributed by atoms with van der Waals surface area (Å²) in [4.78, 5) is 15.3. The van der Waals surface area contributed by atoms with Crippen LogP contribution in [0.2, 0.25) is 0 Å². The number of para-hydroxylation sites is 5. The van der Waals surface area contributed by atoms with Crippen molar-refractivity contribution in [3.05, 3.63) is 237 Å². The lowest BCUT2D eigenvalue weighted by Gasteiger charge is -2.14. The Balaban J connectivity index is 1.00. The minimum atomic E-state index is 0.603. The van der Waals surface area contributed by atoms with Crippen LogP contribution in [0.5, 0.6) is 0 Å². The third-order valence-corrected chi connectivity index (χ3v) is 13.6. The average Bonchev–Trinajstić information content (AvgIpc) is 4.09. The number of rotatable bonds is 7. The minimum Gasteiger partial charge on any atom is -0.455 e. The number of nitrogens with zero attached hydrogens (tertiary/aromatic N) is 5. The van der Waals surface area contributed by atoms with Crippen molar-refractivity contribution >= 4 is 65.6 Å². The van der Waals surface area contributed by atoms with E-state index < -0.39 is 0 Å². The van der Waals surface area contributed by atoms with E-state index in [4.69, 9.17) is 19.4 Å². The van der Waals surface area contributed by atoms with Crippen molar-refractivity contribution in [2.24, 2.45) is 0 Å².